The van der Waals surface area contributed by atoms with E-state index in [9.17, 15) is 4.79 Å². The van der Waals surface area contributed by atoms with Crippen LogP contribution in [0.15, 0.2) is 18.2 Å². The summed E-state index contributed by atoms with van der Waals surface area (Å²) in [6.45, 7) is 11.6. The molecule has 4 heteroatoms. The fraction of sp³-hybridized carbons (Fsp3) is 0.533. The van der Waals surface area contributed by atoms with Gasteiger partial charge in [-0.1, -0.05) is 34.6 Å². The largest absolute Gasteiger partial charge is 0.478 e. The molecule has 0 aromatic heterocycles. The van der Waals surface area contributed by atoms with Crippen molar-refractivity contribution in [2.45, 2.75) is 34.6 Å². The third-order valence-corrected chi connectivity index (χ3v) is 4.05. The van der Waals surface area contributed by atoms with Gasteiger partial charge in [0.1, 0.15) is 0 Å². The average molecular weight is 264 g/mol. The molecule has 0 fully saturated rings. The maximum absolute atomic E-state index is 11.0. The fourth-order valence-corrected chi connectivity index (χ4v) is 1.42. The van der Waals surface area contributed by atoms with E-state index in [2.05, 4.69) is 39.9 Å². The van der Waals surface area contributed by atoms with Crippen LogP contribution >= 0.6 is 0 Å². The molecule has 0 amide bonds. The van der Waals surface area contributed by atoms with Gasteiger partial charge in [0.05, 0.1) is 16.9 Å². The van der Waals surface area contributed by atoms with E-state index >= 15 is 0 Å². The van der Waals surface area contributed by atoms with Crippen molar-refractivity contribution in [3.05, 3.63) is 23.8 Å². The molecule has 0 aliphatic heterocycles. The number of aromatic carboxylic acids is 1. The average Bonchev–Trinajstić information content (AvgIpc) is 2.26. The quantitative estimate of drug-likeness (QED) is 0.728. The van der Waals surface area contributed by atoms with Gasteiger partial charge in [0.25, 0.3) is 0 Å². The first-order valence-corrected chi connectivity index (χ1v) is 6.41. The lowest BCUT2D eigenvalue weighted by molar-refractivity contribution is 0.0697. The van der Waals surface area contributed by atoms with Gasteiger partial charge in [-0.2, -0.15) is 0 Å². The SMILES string of the molecule is CC(C)(C)C(C)(C)CNc1cc(C(=O)O)ccc1N. The smallest absolute Gasteiger partial charge is 0.335 e. The van der Waals surface area contributed by atoms with Crippen molar-refractivity contribution < 1.29 is 9.90 Å². The highest BCUT2D eigenvalue weighted by Crippen LogP contribution is 2.38. The predicted octanol–water partition coefficient (Wildman–Crippen LogP) is 3.45. The highest BCUT2D eigenvalue weighted by molar-refractivity contribution is 5.90. The van der Waals surface area contributed by atoms with E-state index < -0.39 is 5.97 Å². The Morgan fingerprint density at radius 1 is 1.26 bits per heavy atom. The van der Waals surface area contributed by atoms with Crippen LogP contribution < -0.4 is 11.1 Å². The highest BCUT2D eigenvalue weighted by atomic mass is 16.4. The number of carboxylic acids is 1. The monoisotopic (exact) mass is 264 g/mol. The van der Waals surface area contributed by atoms with Crippen LogP contribution in [0.5, 0.6) is 0 Å². The van der Waals surface area contributed by atoms with Crippen molar-refractivity contribution >= 4 is 17.3 Å². The molecule has 0 bridgehead atoms. The molecule has 0 atom stereocenters. The Kier molecular flexibility index (Phi) is 4.13. The Hall–Kier alpha value is -1.71. The molecule has 0 saturated carbocycles. The number of carboxylic acid groups (broad SMARTS) is 1. The zero-order valence-electron chi connectivity index (χ0n) is 12.4. The van der Waals surface area contributed by atoms with Gasteiger partial charge >= 0.3 is 5.97 Å². The molecule has 1 aromatic rings. The third kappa shape index (κ3) is 3.63. The summed E-state index contributed by atoms with van der Waals surface area (Å²) in [5.41, 5.74) is 7.55. The number of nitrogen functional groups attached to an aromatic ring is 1. The Morgan fingerprint density at radius 2 is 1.84 bits per heavy atom. The number of benzene rings is 1. The van der Waals surface area contributed by atoms with Crippen LogP contribution in [-0.2, 0) is 0 Å². The molecule has 0 unspecified atom stereocenters. The summed E-state index contributed by atoms with van der Waals surface area (Å²) >= 11 is 0. The highest BCUT2D eigenvalue weighted by Gasteiger charge is 2.32. The van der Waals surface area contributed by atoms with E-state index in [0.29, 0.717) is 11.4 Å². The zero-order valence-corrected chi connectivity index (χ0v) is 12.4. The lowest BCUT2D eigenvalue weighted by Gasteiger charge is -2.39. The second kappa shape index (κ2) is 5.11. The van der Waals surface area contributed by atoms with Crippen LogP contribution in [0.25, 0.3) is 0 Å². The summed E-state index contributed by atoms with van der Waals surface area (Å²) in [7, 11) is 0. The van der Waals surface area contributed by atoms with Crippen LogP contribution in [0.1, 0.15) is 45.0 Å². The first kappa shape index (κ1) is 15.3. The second-order valence-electron chi connectivity index (χ2n) is 6.59. The summed E-state index contributed by atoms with van der Waals surface area (Å²) in [6, 6.07) is 4.71. The number of anilines is 2. The maximum Gasteiger partial charge on any atom is 0.335 e. The van der Waals surface area contributed by atoms with E-state index in [0.717, 1.165) is 6.54 Å². The number of hydrogen-bond donors (Lipinski definition) is 3. The molecular formula is C15H24N2O2. The molecule has 0 aliphatic carbocycles. The van der Waals surface area contributed by atoms with Crippen molar-refractivity contribution in [2.75, 3.05) is 17.6 Å². The molecule has 0 saturated heterocycles. The first-order valence-electron chi connectivity index (χ1n) is 6.41. The zero-order chi connectivity index (χ0) is 14.8. The number of rotatable bonds is 4. The van der Waals surface area contributed by atoms with Gasteiger partial charge in [0, 0.05) is 6.54 Å². The molecule has 0 spiro atoms. The van der Waals surface area contributed by atoms with Gasteiger partial charge < -0.3 is 16.2 Å². The second-order valence-corrected chi connectivity index (χ2v) is 6.59. The van der Waals surface area contributed by atoms with Gasteiger partial charge in [-0.15, -0.1) is 0 Å². The van der Waals surface area contributed by atoms with Crippen molar-refractivity contribution in [2.24, 2.45) is 10.8 Å². The van der Waals surface area contributed by atoms with Crippen LogP contribution in [0, 0.1) is 10.8 Å². The van der Waals surface area contributed by atoms with E-state index in [1.165, 1.54) is 6.07 Å². The minimum Gasteiger partial charge on any atom is -0.478 e. The fourth-order valence-electron chi connectivity index (χ4n) is 1.42. The topological polar surface area (TPSA) is 75.3 Å². The number of nitrogens with one attached hydrogen (secondary N) is 1. The lowest BCUT2D eigenvalue weighted by Crippen LogP contribution is -2.36. The number of carbonyl (C=O) groups is 1. The summed E-state index contributed by atoms with van der Waals surface area (Å²) in [6.07, 6.45) is 0. The number of hydrogen-bond acceptors (Lipinski definition) is 3. The Bertz CT molecular complexity index is 474. The molecule has 1 aromatic carbocycles. The molecule has 1 rings (SSSR count). The van der Waals surface area contributed by atoms with Crippen molar-refractivity contribution in [3.8, 4) is 0 Å². The van der Waals surface area contributed by atoms with Crippen LogP contribution in [0.4, 0.5) is 11.4 Å². The van der Waals surface area contributed by atoms with Gasteiger partial charge in [-0.3, -0.25) is 0 Å². The predicted molar refractivity (Wildman–Crippen MR) is 79.5 cm³/mol. The van der Waals surface area contributed by atoms with Gasteiger partial charge in [0.2, 0.25) is 0 Å². The molecule has 4 N–H and O–H groups in total. The summed E-state index contributed by atoms with van der Waals surface area (Å²) in [5.74, 6) is -0.946. The van der Waals surface area contributed by atoms with Gasteiger partial charge in [-0.25, -0.2) is 4.79 Å². The van der Waals surface area contributed by atoms with Crippen LogP contribution in [-0.4, -0.2) is 17.6 Å². The third-order valence-electron chi connectivity index (χ3n) is 4.05. The summed E-state index contributed by atoms with van der Waals surface area (Å²) in [4.78, 5) is 11.0. The van der Waals surface area contributed by atoms with E-state index in [-0.39, 0.29) is 16.4 Å². The molecule has 0 aliphatic rings. The number of nitrogens with two attached hydrogens (primary N) is 1. The normalized spacial score (nSPS) is 12.3. The lowest BCUT2D eigenvalue weighted by atomic mass is 9.69. The molecule has 19 heavy (non-hydrogen) atoms. The molecule has 4 nitrogen and oxygen atoms in total. The molecule has 0 radical (unpaired) electrons. The van der Waals surface area contributed by atoms with E-state index in [1.54, 1.807) is 12.1 Å². The molecule has 0 heterocycles. The van der Waals surface area contributed by atoms with Crippen LogP contribution in [0.3, 0.4) is 0 Å². The van der Waals surface area contributed by atoms with Crippen molar-refractivity contribution in [1.29, 1.82) is 0 Å². The minimum atomic E-state index is -0.946. The molecular weight excluding hydrogens is 240 g/mol. The van der Waals surface area contributed by atoms with Crippen molar-refractivity contribution in [3.63, 3.8) is 0 Å². The Morgan fingerprint density at radius 3 is 2.32 bits per heavy atom. The van der Waals surface area contributed by atoms with E-state index in [1.807, 2.05) is 0 Å². The first-order chi connectivity index (χ1) is 8.54. The minimum absolute atomic E-state index is 0.0542. The van der Waals surface area contributed by atoms with Gasteiger partial charge in [-0.05, 0) is 29.0 Å². The Balaban J connectivity index is 2.89. The molecule has 106 valence electrons. The standard InChI is InChI=1S/C15H24N2O2/c1-14(2,3)15(4,5)9-17-12-8-10(13(18)19)6-7-11(12)16/h6-8,17H,9,16H2,1-5H3,(H,18,19). The van der Waals surface area contributed by atoms with Crippen molar-refractivity contribution in [1.82, 2.24) is 0 Å². The van der Waals surface area contributed by atoms with Gasteiger partial charge in [0.15, 0.2) is 0 Å². The Labute approximate surface area is 115 Å². The van der Waals surface area contributed by atoms with Crippen LogP contribution in [0.2, 0.25) is 0 Å². The summed E-state index contributed by atoms with van der Waals surface area (Å²) < 4.78 is 0. The summed E-state index contributed by atoms with van der Waals surface area (Å²) in [5, 5.41) is 12.3. The maximum atomic E-state index is 11.0. The van der Waals surface area contributed by atoms with E-state index in [4.69, 9.17) is 10.8 Å².